The summed E-state index contributed by atoms with van der Waals surface area (Å²) in [6, 6.07) is -0.295. The van der Waals surface area contributed by atoms with Crippen LogP contribution >= 0.6 is 11.8 Å². The standard InChI is InChI=1S/C10H20N2O3S/c1-3-4-8(9(13)14)7-12-10(15)11-5-6-16-2/h8H,3-7H2,1-2H3,(H,13,14)(H2,11,12,15). The number of amides is 2. The van der Waals surface area contributed by atoms with Crippen LogP contribution in [0, 0.1) is 5.92 Å². The second-order valence-electron chi connectivity index (χ2n) is 3.45. The minimum absolute atomic E-state index is 0.189. The highest BCUT2D eigenvalue weighted by molar-refractivity contribution is 7.98. The number of carboxylic acid groups (broad SMARTS) is 1. The number of thioether (sulfide) groups is 1. The number of urea groups is 1. The Kier molecular flexibility index (Phi) is 8.80. The SMILES string of the molecule is CCCC(CNC(=O)NCCSC)C(=O)O. The van der Waals surface area contributed by atoms with Gasteiger partial charge in [0.15, 0.2) is 0 Å². The summed E-state index contributed by atoms with van der Waals surface area (Å²) in [4.78, 5) is 22.0. The van der Waals surface area contributed by atoms with Crippen LogP contribution in [0.1, 0.15) is 19.8 Å². The summed E-state index contributed by atoms with van der Waals surface area (Å²) in [6.45, 7) is 2.71. The van der Waals surface area contributed by atoms with E-state index >= 15 is 0 Å². The van der Waals surface area contributed by atoms with Crippen molar-refractivity contribution in [1.29, 1.82) is 0 Å². The lowest BCUT2D eigenvalue weighted by atomic mass is 10.0. The van der Waals surface area contributed by atoms with Crippen molar-refractivity contribution in [3.8, 4) is 0 Å². The van der Waals surface area contributed by atoms with Gasteiger partial charge in [-0.2, -0.15) is 11.8 Å². The van der Waals surface area contributed by atoms with Gasteiger partial charge < -0.3 is 15.7 Å². The Bertz CT molecular complexity index is 224. The molecule has 0 radical (unpaired) electrons. The smallest absolute Gasteiger partial charge is 0.314 e. The van der Waals surface area contributed by atoms with Gasteiger partial charge in [0.1, 0.15) is 0 Å². The number of carboxylic acids is 1. The Morgan fingerprint density at radius 2 is 2.06 bits per heavy atom. The number of nitrogens with one attached hydrogen (secondary N) is 2. The molecule has 0 aliphatic heterocycles. The molecule has 16 heavy (non-hydrogen) atoms. The molecule has 2 amide bonds. The van der Waals surface area contributed by atoms with Gasteiger partial charge in [0.2, 0.25) is 0 Å². The minimum atomic E-state index is -0.855. The predicted octanol–water partition coefficient (Wildman–Crippen LogP) is 1.15. The van der Waals surface area contributed by atoms with Crippen molar-refractivity contribution >= 4 is 23.8 Å². The van der Waals surface area contributed by atoms with Gasteiger partial charge in [-0.1, -0.05) is 13.3 Å². The van der Waals surface area contributed by atoms with Crippen LogP contribution in [0.4, 0.5) is 4.79 Å². The van der Waals surface area contributed by atoms with Gasteiger partial charge in [0.25, 0.3) is 0 Å². The van der Waals surface area contributed by atoms with E-state index < -0.39 is 11.9 Å². The molecular weight excluding hydrogens is 228 g/mol. The fourth-order valence-corrected chi connectivity index (χ4v) is 1.51. The molecule has 0 fully saturated rings. The van der Waals surface area contributed by atoms with E-state index in [4.69, 9.17) is 5.11 Å². The Labute approximate surface area is 100 Å². The van der Waals surface area contributed by atoms with Crippen LogP contribution < -0.4 is 10.6 Å². The van der Waals surface area contributed by atoms with Crippen LogP contribution in [0.3, 0.4) is 0 Å². The van der Waals surface area contributed by atoms with E-state index in [1.165, 1.54) is 0 Å². The number of hydrogen-bond donors (Lipinski definition) is 3. The van der Waals surface area contributed by atoms with Crippen molar-refractivity contribution in [1.82, 2.24) is 10.6 Å². The van der Waals surface area contributed by atoms with Crippen LogP contribution in [0.5, 0.6) is 0 Å². The first-order chi connectivity index (χ1) is 7.61. The molecule has 3 N–H and O–H groups in total. The first-order valence-electron chi connectivity index (χ1n) is 5.35. The van der Waals surface area contributed by atoms with E-state index in [1.54, 1.807) is 11.8 Å². The van der Waals surface area contributed by atoms with Gasteiger partial charge in [0, 0.05) is 18.8 Å². The molecule has 94 valence electrons. The zero-order valence-electron chi connectivity index (χ0n) is 9.78. The summed E-state index contributed by atoms with van der Waals surface area (Å²) in [5, 5.41) is 14.1. The van der Waals surface area contributed by atoms with E-state index in [1.807, 2.05) is 13.2 Å². The first kappa shape index (κ1) is 15.1. The number of rotatable bonds is 8. The van der Waals surface area contributed by atoms with Gasteiger partial charge in [-0.15, -0.1) is 0 Å². The molecule has 0 bridgehead atoms. The molecule has 0 saturated carbocycles. The van der Waals surface area contributed by atoms with Crippen molar-refractivity contribution in [2.24, 2.45) is 5.92 Å². The first-order valence-corrected chi connectivity index (χ1v) is 6.74. The molecule has 0 aromatic rings. The minimum Gasteiger partial charge on any atom is -0.481 e. The zero-order valence-corrected chi connectivity index (χ0v) is 10.6. The normalized spacial score (nSPS) is 11.9. The molecule has 6 heteroatoms. The van der Waals surface area contributed by atoms with E-state index in [0.29, 0.717) is 13.0 Å². The van der Waals surface area contributed by atoms with Crippen LogP contribution in [-0.4, -0.2) is 42.2 Å². The van der Waals surface area contributed by atoms with Gasteiger partial charge in [-0.25, -0.2) is 4.79 Å². The zero-order chi connectivity index (χ0) is 12.4. The third-order valence-corrected chi connectivity index (χ3v) is 2.70. The summed E-state index contributed by atoms with van der Waals surface area (Å²) in [6.07, 6.45) is 3.34. The highest BCUT2D eigenvalue weighted by Gasteiger charge is 2.16. The van der Waals surface area contributed by atoms with Crippen molar-refractivity contribution < 1.29 is 14.7 Å². The van der Waals surface area contributed by atoms with Gasteiger partial charge in [-0.3, -0.25) is 4.79 Å². The molecule has 0 aliphatic carbocycles. The van der Waals surface area contributed by atoms with Gasteiger partial charge in [0.05, 0.1) is 5.92 Å². The maximum Gasteiger partial charge on any atom is 0.314 e. The molecule has 1 atom stereocenters. The van der Waals surface area contributed by atoms with Crippen molar-refractivity contribution in [3.63, 3.8) is 0 Å². The molecule has 0 heterocycles. The Hall–Kier alpha value is -0.910. The summed E-state index contributed by atoms with van der Waals surface area (Å²) < 4.78 is 0. The van der Waals surface area contributed by atoms with Crippen LogP contribution in [0.2, 0.25) is 0 Å². The molecule has 0 rings (SSSR count). The van der Waals surface area contributed by atoms with Crippen molar-refractivity contribution in [2.75, 3.05) is 25.1 Å². The molecule has 0 aliphatic rings. The van der Waals surface area contributed by atoms with Gasteiger partial charge >= 0.3 is 12.0 Å². The Morgan fingerprint density at radius 1 is 1.38 bits per heavy atom. The van der Waals surface area contributed by atoms with Gasteiger partial charge in [-0.05, 0) is 12.7 Å². The largest absolute Gasteiger partial charge is 0.481 e. The number of carbonyl (C=O) groups excluding carboxylic acids is 1. The number of carbonyl (C=O) groups is 2. The fourth-order valence-electron chi connectivity index (χ4n) is 1.21. The molecule has 0 aromatic carbocycles. The molecular formula is C10H20N2O3S. The lowest BCUT2D eigenvalue weighted by Gasteiger charge is -2.12. The van der Waals surface area contributed by atoms with E-state index in [-0.39, 0.29) is 12.6 Å². The van der Waals surface area contributed by atoms with E-state index in [2.05, 4.69) is 10.6 Å². The molecule has 0 spiro atoms. The average molecular weight is 248 g/mol. The van der Waals surface area contributed by atoms with E-state index in [9.17, 15) is 9.59 Å². The summed E-state index contributed by atoms with van der Waals surface area (Å²) in [7, 11) is 0. The maximum absolute atomic E-state index is 11.2. The molecule has 0 aromatic heterocycles. The summed E-state index contributed by atoms with van der Waals surface area (Å²) >= 11 is 1.64. The van der Waals surface area contributed by atoms with E-state index in [0.717, 1.165) is 12.2 Å². The van der Waals surface area contributed by atoms with Crippen LogP contribution in [-0.2, 0) is 4.79 Å². The second-order valence-corrected chi connectivity index (χ2v) is 4.44. The Morgan fingerprint density at radius 3 is 2.56 bits per heavy atom. The van der Waals surface area contributed by atoms with Crippen LogP contribution in [0.25, 0.3) is 0 Å². The third-order valence-electron chi connectivity index (χ3n) is 2.09. The molecule has 0 saturated heterocycles. The molecule has 5 nitrogen and oxygen atoms in total. The lowest BCUT2D eigenvalue weighted by molar-refractivity contribution is -0.141. The number of aliphatic carboxylic acids is 1. The molecule has 1 unspecified atom stereocenters. The fraction of sp³-hybridized carbons (Fsp3) is 0.800. The lowest BCUT2D eigenvalue weighted by Crippen LogP contribution is -2.40. The van der Waals surface area contributed by atoms with Crippen molar-refractivity contribution in [2.45, 2.75) is 19.8 Å². The third kappa shape index (κ3) is 7.39. The highest BCUT2D eigenvalue weighted by atomic mass is 32.2. The van der Waals surface area contributed by atoms with Crippen molar-refractivity contribution in [3.05, 3.63) is 0 Å². The Balaban J connectivity index is 3.74. The topological polar surface area (TPSA) is 78.4 Å². The monoisotopic (exact) mass is 248 g/mol. The quantitative estimate of drug-likeness (QED) is 0.563. The average Bonchev–Trinajstić information content (AvgIpc) is 2.24. The highest BCUT2D eigenvalue weighted by Crippen LogP contribution is 2.04. The second kappa shape index (κ2) is 9.33. The summed E-state index contributed by atoms with van der Waals surface area (Å²) in [5.41, 5.74) is 0. The maximum atomic E-state index is 11.2. The number of hydrogen-bond acceptors (Lipinski definition) is 3. The van der Waals surface area contributed by atoms with Crippen LogP contribution in [0.15, 0.2) is 0 Å². The predicted molar refractivity (Wildman–Crippen MR) is 65.8 cm³/mol. The summed E-state index contributed by atoms with van der Waals surface area (Å²) in [5.74, 6) is -0.493.